The zero-order chi connectivity index (χ0) is 12.5. The van der Waals surface area contributed by atoms with Gasteiger partial charge in [-0.3, -0.25) is 4.79 Å². The van der Waals surface area contributed by atoms with Gasteiger partial charge in [0.2, 0.25) is 0 Å². The Hall–Kier alpha value is -2.10. The predicted molar refractivity (Wildman–Crippen MR) is 65.2 cm³/mol. The summed E-state index contributed by atoms with van der Waals surface area (Å²) < 4.78 is 18.6. The second kappa shape index (κ2) is 4.29. The summed E-state index contributed by atoms with van der Waals surface area (Å²) in [6, 6.07) is 8.28. The van der Waals surface area contributed by atoms with Gasteiger partial charge in [0.25, 0.3) is 0 Å². The van der Waals surface area contributed by atoms with Gasteiger partial charge >= 0.3 is 0 Å². The third-order valence-corrected chi connectivity index (χ3v) is 3.18. The van der Waals surface area contributed by atoms with Crippen molar-refractivity contribution in [2.24, 2.45) is 0 Å². The summed E-state index contributed by atoms with van der Waals surface area (Å²) in [5.74, 6) is 0.812. The van der Waals surface area contributed by atoms with Crippen molar-refractivity contribution in [2.75, 3.05) is 11.4 Å². The molecule has 0 atom stereocenters. The number of fused-ring (bicyclic) bond motifs is 1. The highest BCUT2D eigenvalue weighted by Gasteiger charge is 2.20. The van der Waals surface area contributed by atoms with E-state index in [2.05, 4.69) is 4.90 Å². The van der Waals surface area contributed by atoms with Crippen LogP contribution in [0.1, 0.15) is 21.9 Å². The van der Waals surface area contributed by atoms with Crippen molar-refractivity contribution in [3.63, 3.8) is 0 Å². The zero-order valence-corrected chi connectivity index (χ0v) is 9.73. The lowest BCUT2D eigenvalue weighted by Gasteiger charge is -2.17. The lowest BCUT2D eigenvalue weighted by Crippen LogP contribution is -2.19. The molecule has 0 unspecified atom stereocenters. The van der Waals surface area contributed by atoms with E-state index in [-0.39, 0.29) is 5.82 Å². The Balaban J connectivity index is 1.83. The van der Waals surface area contributed by atoms with Crippen LogP contribution >= 0.6 is 0 Å². The Morgan fingerprint density at radius 1 is 1.33 bits per heavy atom. The maximum atomic E-state index is 13.2. The number of halogens is 1. The van der Waals surface area contributed by atoms with Crippen LogP contribution < -0.4 is 4.90 Å². The molecule has 1 aromatic carbocycles. The summed E-state index contributed by atoms with van der Waals surface area (Å²) in [4.78, 5) is 12.6. The molecule has 1 aromatic heterocycles. The van der Waals surface area contributed by atoms with Gasteiger partial charge in [0.15, 0.2) is 12.0 Å². The van der Waals surface area contributed by atoms with Crippen molar-refractivity contribution in [2.45, 2.75) is 13.0 Å². The van der Waals surface area contributed by atoms with Crippen LogP contribution in [-0.4, -0.2) is 12.8 Å². The average molecular weight is 245 g/mol. The minimum Gasteiger partial charge on any atom is -0.456 e. The molecule has 0 radical (unpaired) electrons. The molecule has 0 aliphatic carbocycles. The Labute approximate surface area is 104 Å². The molecule has 18 heavy (non-hydrogen) atoms. The molecule has 0 fully saturated rings. The number of nitrogens with zero attached hydrogens (tertiary/aromatic N) is 1. The van der Waals surface area contributed by atoms with Crippen LogP contribution in [0.4, 0.5) is 10.1 Å². The Morgan fingerprint density at radius 3 is 3.00 bits per heavy atom. The number of anilines is 1. The molecule has 92 valence electrons. The van der Waals surface area contributed by atoms with Gasteiger partial charge in [0.05, 0.1) is 6.54 Å². The monoisotopic (exact) mass is 245 g/mol. The first-order chi connectivity index (χ1) is 8.76. The number of rotatable bonds is 3. The number of hydrogen-bond acceptors (Lipinski definition) is 3. The molecule has 0 spiro atoms. The van der Waals surface area contributed by atoms with Gasteiger partial charge in [-0.15, -0.1) is 0 Å². The van der Waals surface area contributed by atoms with Crippen molar-refractivity contribution in [3.8, 4) is 0 Å². The SMILES string of the molecule is O=Cc1ccc(CN2CCc3ccc(F)cc32)o1. The van der Waals surface area contributed by atoms with Crippen LogP contribution in [0.2, 0.25) is 0 Å². The van der Waals surface area contributed by atoms with E-state index in [1.165, 1.54) is 6.07 Å². The Morgan fingerprint density at radius 2 is 2.22 bits per heavy atom. The molecule has 2 heterocycles. The minimum absolute atomic E-state index is 0.228. The van der Waals surface area contributed by atoms with Gasteiger partial charge < -0.3 is 9.32 Å². The van der Waals surface area contributed by atoms with E-state index in [9.17, 15) is 9.18 Å². The minimum atomic E-state index is -0.228. The van der Waals surface area contributed by atoms with Gasteiger partial charge in [-0.05, 0) is 36.2 Å². The lowest BCUT2D eigenvalue weighted by molar-refractivity contribution is 0.109. The molecule has 0 saturated heterocycles. The van der Waals surface area contributed by atoms with Crippen LogP contribution in [0, 0.1) is 5.82 Å². The first kappa shape index (κ1) is 11.0. The third kappa shape index (κ3) is 1.90. The molecule has 3 rings (SSSR count). The maximum absolute atomic E-state index is 13.2. The first-order valence-corrected chi connectivity index (χ1v) is 5.83. The number of benzene rings is 1. The van der Waals surface area contributed by atoms with Gasteiger partial charge in [-0.25, -0.2) is 4.39 Å². The lowest BCUT2D eigenvalue weighted by atomic mass is 10.2. The van der Waals surface area contributed by atoms with E-state index >= 15 is 0 Å². The number of aldehydes is 1. The molecule has 2 aromatic rings. The summed E-state index contributed by atoms with van der Waals surface area (Å²) in [5.41, 5.74) is 2.07. The first-order valence-electron chi connectivity index (χ1n) is 5.83. The fourth-order valence-corrected chi connectivity index (χ4v) is 2.31. The maximum Gasteiger partial charge on any atom is 0.185 e. The second-order valence-corrected chi connectivity index (χ2v) is 4.37. The largest absolute Gasteiger partial charge is 0.456 e. The quantitative estimate of drug-likeness (QED) is 0.780. The summed E-state index contributed by atoms with van der Waals surface area (Å²) in [5, 5.41) is 0. The number of furan rings is 1. The van der Waals surface area contributed by atoms with E-state index < -0.39 is 0 Å². The molecule has 1 aliphatic heterocycles. The fraction of sp³-hybridized carbons (Fsp3) is 0.214. The van der Waals surface area contributed by atoms with Crippen molar-refractivity contribution < 1.29 is 13.6 Å². The molecule has 0 bridgehead atoms. The van der Waals surface area contributed by atoms with E-state index in [1.54, 1.807) is 18.2 Å². The van der Waals surface area contributed by atoms with Gasteiger partial charge in [-0.1, -0.05) is 6.07 Å². The molecule has 0 N–H and O–H groups in total. The second-order valence-electron chi connectivity index (χ2n) is 4.37. The summed E-state index contributed by atoms with van der Waals surface area (Å²) in [6.07, 6.45) is 1.60. The van der Waals surface area contributed by atoms with Crippen molar-refractivity contribution in [3.05, 3.63) is 53.2 Å². The molecule has 1 aliphatic rings. The third-order valence-electron chi connectivity index (χ3n) is 3.18. The summed E-state index contributed by atoms with van der Waals surface area (Å²) >= 11 is 0. The summed E-state index contributed by atoms with van der Waals surface area (Å²) in [6.45, 7) is 1.40. The highest BCUT2D eigenvalue weighted by molar-refractivity contribution is 5.70. The molecule has 3 nitrogen and oxygen atoms in total. The molecule has 0 amide bonds. The van der Waals surface area contributed by atoms with E-state index in [0.29, 0.717) is 24.4 Å². The average Bonchev–Trinajstić information content (AvgIpc) is 2.97. The van der Waals surface area contributed by atoms with Crippen LogP contribution in [0.25, 0.3) is 0 Å². The van der Waals surface area contributed by atoms with E-state index in [4.69, 9.17) is 4.42 Å². The van der Waals surface area contributed by atoms with Crippen molar-refractivity contribution in [1.29, 1.82) is 0 Å². The van der Waals surface area contributed by atoms with Crippen molar-refractivity contribution in [1.82, 2.24) is 0 Å². The number of hydrogen-bond donors (Lipinski definition) is 0. The molecular weight excluding hydrogens is 233 g/mol. The van der Waals surface area contributed by atoms with Gasteiger partial charge in [0, 0.05) is 12.2 Å². The van der Waals surface area contributed by atoms with Crippen molar-refractivity contribution >= 4 is 12.0 Å². The fourth-order valence-electron chi connectivity index (χ4n) is 2.31. The topological polar surface area (TPSA) is 33.5 Å². The molecular formula is C14H12FNO2. The van der Waals surface area contributed by atoms with Gasteiger partial charge in [-0.2, -0.15) is 0 Å². The van der Waals surface area contributed by atoms with E-state index in [0.717, 1.165) is 24.2 Å². The molecule has 4 heteroatoms. The standard InChI is InChI=1S/C14H12FNO2/c15-11-2-1-10-5-6-16(14(10)7-11)8-12-3-4-13(9-17)18-12/h1-4,7,9H,5-6,8H2. The predicted octanol–water partition coefficient (Wildman–Crippen LogP) is 2.79. The van der Waals surface area contributed by atoms with E-state index in [1.807, 2.05) is 6.07 Å². The Kier molecular flexibility index (Phi) is 2.63. The molecule has 0 saturated carbocycles. The van der Waals surface area contributed by atoms with Crippen LogP contribution in [-0.2, 0) is 13.0 Å². The summed E-state index contributed by atoms with van der Waals surface area (Å²) in [7, 11) is 0. The number of carbonyl (C=O) groups excluding carboxylic acids is 1. The normalized spacial score (nSPS) is 13.7. The van der Waals surface area contributed by atoms with Gasteiger partial charge in [0.1, 0.15) is 11.6 Å². The highest BCUT2D eigenvalue weighted by Crippen LogP contribution is 2.30. The van der Waals surface area contributed by atoms with Crippen LogP contribution in [0.3, 0.4) is 0 Å². The van der Waals surface area contributed by atoms with Crippen LogP contribution in [0.15, 0.2) is 34.7 Å². The zero-order valence-electron chi connectivity index (χ0n) is 9.73. The number of carbonyl (C=O) groups is 1. The smallest absolute Gasteiger partial charge is 0.185 e. The van der Waals surface area contributed by atoms with Crippen LogP contribution in [0.5, 0.6) is 0 Å². The highest BCUT2D eigenvalue weighted by atomic mass is 19.1. The Bertz CT molecular complexity index is 591.